The van der Waals surface area contributed by atoms with Crippen molar-refractivity contribution >= 4 is 45.0 Å². The van der Waals surface area contributed by atoms with Gasteiger partial charge in [0.25, 0.3) is 5.91 Å². The van der Waals surface area contributed by atoms with Crippen LogP contribution in [0.25, 0.3) is 6.08 Å². The fourth-order valence-electron chi connectivity index (χ4n) is 2.59. The van der Waals surface area contributed by atoms with Gasteiger partial charge in [-0.05, 0) is 36.3 Å². The summed E-state index contributed by atoms with van der Waals surface area (Å²) in [6, 6.07) is 4.65. The second-order valence-electron chi connectivity index (χ2n) is 5.62. The Morgan fingerprint density at radius 3 is 2.30 bits per heavy atom. The normalized spacial score (nSPS) is 20.3. The molecule has 0 aliphatic carbocycles. The fraction of sp³-hybridized carbons (Fsp3) is 0.400. The first-order valence-electron chi connectivity index (χ1n) is 7.03. The molecule has 0 radical (unpaired) electrons. The molecule has 23 heavy (non-hydrogen) atoms. The van der Waals surface area contributed by atoms with E-state index in [-0.39, 0.29) is 23.5 Å². The van der Waals surface area contributed by atoms with Gasteiger partial charge in [0.15, 0.2) is 9.84 Å². The van der Waals surface area contributed by atoms with Crippen LogP contribution < -0.4 is 0 Å². The number of carbonyl (C=O) groups excluding carboxylic acids is 1. The van der Waals surface area contributed by atoms with Crippen molar-refractivity contribution in [3.63, 3.8) is 0 Å². The Morgan fingerprint density at radius 2 is 1.83 bits per heavy atom. The van der Waals surface area contributed by atoms with E-state index in [1.54, 1.807) is 43.4 Å². The average Bonchev–Trinajstić information content (AvgIpc) is 2.75. The topological polar surface area (TPSA) is 57.7 Å². The number of nitrogens with zero attached hydrogens (tertiary/aromatic N) is 2. The summed E-state index contributed by atoms with van der Waals surface area (Å²) < 4.78 is 23.3. The number of hydrogen-bond acceptors (Lipinski definition) is 4. The van der Waals surface area contributed by atoms with E-state index in [4.69, 9.17) is 23.2 Å². The summed E-state index contributed by atoms with van der Waals surface area (Å²) in [6.45, 7) is 0. The lowest BCUT2D eigenvalue weighted by molar-refractivity contribution is -0.143. The predicted octanol–water partition coefficient (Wildman–Crippen LogP) is 2.50. The summed E-state index contributed by atoms with van der Waals surface area (Å²) in [5, 5.41) is 4.04. The third kappa shape index (κ3) is 4.94. The number of hydrazine groups is 1. The maximum Gasteiger partial charge on any atom is 0.261 e. The quantitative estimate of drug-likeness (QED) is 0.598. The lowest BCUT2D eigenvalue weighted by Gasteiger charge is -2.32. The largest absolute Gasteiger partial charge is 0.268 e. The van der Waals surface area contributed by atoms with E-state index in [2.05, 4.69) is 0 Å². The Labute approximate surface area is 146 Å². The number of rotatable bonds is 4. The number of benzene rings is 1. The molecule has 5 nitrogen and oxygen atoms in total. The first kappa shape index (κ1) is 18.3. The average molecular weight is 377 g/mol. The molecule has 1 fully saturated rings. The van der Waals surface area contributed by atoms with Crippen LogP contribution in [0, 0.1) is 0 Å². The van der Waals surface area contributed by atoms with E-state index >= 15 is 0 Å². The van der Waals surface area contributed by atoms with Gasteiger partial charge < -0.3 is 0 Å². The van der Waals surface area contributed by atoms with Gasteiger partial charge in [-0.2, -0.15) is 0 Å². The van der Waals surface area contributed by atoms with Crippen molar-refractivity contribution in [1.82, 2.24) is 10.0 Å². The van der Waals surface area contributed by atoms with E-state index in [1.807, 2.05) is 0 Å². The maximum absolute atomic E-state index is 12.5. The summed E-state index contributed by atoms with van der Waals surface area (Å²) in [7, 11) is 0.365. The van der Waals surface area contributed by atoms with Crippen molar-refractivity contribution in [2.24, 2.45) is 0 Å². The number of hydrogen-bond donors (Lipinski definition) is 0. The van der Waals surface area contributed by atoms with Crippen LogP contribution in [0.5, 0.6) is 0 Å². The van der Waals surface area contributed by atoms with E-state index in [9.17, 15) is 13.2 Å². The second kappa shape index (κ2) is 7.21. The molecule has 1 aromatic carbocycles. The van der Waals surface area contributed by atoms with Crippen LogP contribution in [-0.4, -0.2) is 56.0 Å². The van der Waals surface area contributed by atoms with Crippen molar-refractivity contribution < 1.29 is 13.2 Å². The molecule has 8 heteroatoms. The van der Waals surface area contributed by atoms with Crippen molar-refractivity contribution in [2.75, 3.05) is 25.6 Å². The molecule has 1 unspecified atom stereocenters. The van der Waals surface area contributed by atoms with Gasteiger partial charge in [0, 0.05) is 30.2 Å². The van der Waals surface area contributed by atoms with Gasteiger partial charge in [0.05, 0.1) is 17.5 Å². The number of amides is 1. The molecule has 1 aliphatic heterocycles. The van der Waals surface area contributed by atoms with Crippen LogP contribution in [0.1, 0.15) is 12.0 Å². The zero-order valence-corrected chi connectivity index (χ0v) is 15.2. The molecule has 2 rings (SSSR count). The zero-order chi connectivity index (χ0) is 17.2. The van der Waals surface area contributed by atoms with Gasteiger partial charge in [-0.3, -0.25) is 9.80 Å². The number of sulfone groups is 1. The smallest absolute Gasteiger partial charge is 0.261 e. The number of carbonyl (C=O) groups is 1. The Morgan fingerprint density at radius 1 is 1.22 bits per heavy atom. The molecule has 1 aliphatic rings. The zero-order valence-electron chi connectivity index (χ0n) is 12.9. The Balaban J connectivity index is 2.17. The predicted molar refractivity (Wildman–Crippen MR) is 93.1 cm³/mol. The summed E-state index contributed by atoms with van der Waals surface area (Å²) >= 11 is 11.8. The molecule has 0 spiro atoms. The molecule has 1 aromatic rings. The molecule has 1 heterocycles. The fourth-order valence-corrected chi connectivity index (χ4v) is 4.82. The first-order chi connectivity index (χ1) is 10.7. The molecule has 0 aromatic heterocycles. The van der Waals surface area contributed by atoms with E-state index in [0.717, 1.165) is 0 Å². The molecule has 1 amide bonds. The minimum absolute atomic E-state index is 0.00620. The van der Waals surface area contributed by atoms with Crippen LogP contribution >= 0.6 is 23.2 Å². The van der Waals surface area contributed by atoms with Gasteiger partial charge >= 0.3 is 0 Å². The van der Waals surface area contributed by atoms with Crippen LogP contribution in [-0.2, 0) is 14.6 Å². The first-order valence-corrected chi connectivity index (χ1v) is 9.61. The molecule has 0 N–H and O–H groups in total. The minimum atomic E-state index is -3.07. The van der Waals surface area contributed by atoms with Gasteiger partial charge in [-0.1, -0.05) is 23.2 Å². The van der Waals surface area contributed by atoms with Crippen molar-refractivity contribution in [3.8, 4) is 0 Å². The van der Waals surface area contributed by atoms with Crippen LogP contribution in [0.3, 0.4) is 0 Å². The van der Waals surface area contributed by atoms with E-state index in [0.29, 0.717) is 22.0 Å². The third-order valence-electron chi connectivity index (χ3n) is 3.51. The van der Waals surface area contributed by atoms with Crippen molar-refractivity contribution in [3.05, 3.63) is 39.9 Å². The second-order valence-corrected chi connectivity index (χ2v) is 8.72. The molecule has 1 saturated heterocycles. The van der Waals surface area contributed by atoms with E-state index < -0.39 is 9.84 Å². The van der Waals surface area contributed by atoms with Crippen molar-refractivity contribution in [2.45, 2.75) is 12.5 Å². The minimum Gasteiger partial charge on any atom is -0.268 e. The van der Waals surface area contributed by atoms with Gasteiger partial charge in [0.1, 0.15) is 0 Å². The monoisotopic (exact) mass is 376 g/mol. The summed E-state index contributed by atoms with van der Waals surface area (Å²) in [4.78, 5) is 12.5. The van der Waals surface area contributed by atoms with Gasteiger partial charge in [-0.15, -0.1) is 0 Å². The Kier molecular flexibility index (Phi) is 5.73. The molecular weight excluding hydrogens is 359 g/mol. The SMILES string of the molecule is CN(C)N(C(=O)C=Cc1cc(Cl)cc(Cl)c1)C1CCS(=O)(=O)C1. The lowest BCUT2D eigenvalue weighted by Crippen LogP contribution is -2.48. The van der Waals surface area contributed by atoms with Crippen LogP contribution in [0.15, 0.2) is 24.3 Å². The standard InChI is InChI=1S/C15H18Cl2N2O3S/c1-18(2)19(14-5-6-23(21,22)10-14)15(20)4-3-11-7-12(16)9-13(17)8-11/h3-4,7-9,14H,5-6,10H2,1-2H3. The van der Waals surface area contributed by atoms with E-state index in [1.165, 1.54) is 11.1 Å². The molecule has 0 saturated carbocycles. The maximum atomic E-state index is 12.5. The van der Waals surface area contributed by atoms with Gasteiger partial charge in [0.2, 0.25) is 0 Å². The highest BCUT2D eigenvalue weighted by Gasteiger charge is 2.35. The van der Waals surface area contributed by atoms with Crippen LogP contribution in [0.2, 0.25) is 10.0 Å². The highest BCUT2D eigenvalue weighted by molar-refractivity contribution is 7.91. The molecule has 126 valence electrons. The summed E-state index contributed by atoms with van der Waals surface area (Å²) in [5.74, 6) is -0.176. The molecular formula is C15H18Cl2N2O3S. The third-order valence-corrected chi connectivity index (χ3v) is 5.70. The Hall–Kier alpha value is -1.08. The summed E-state index contributed by atoms with van der Waals surface area (Å²) in [5.41, 5.74) is 0.702. The highest BCUT2D eigenvalue weighted by atomic mass is 35.5. The highest BCUT2D eigenvalue weighted by Crippen LogP contribution is 2.21. The summed E-state index contributed by atoms with van der Waals surface area (Å²) in [6.07, 6.45) is 3.45. The molecule has 0 bridgehead atoms. The van der Waals surface area contributed by atoms with Crippen molar-refractivity contribution in [1.29, 1.82) is 0 Å². The number of halogens is 2. The van der Waals surface area contributed by atoms with Gasteiger partial charge in [-0.25, -0.2) is 13.4 Å². The lowest BCUT2D eigenvalue weighted by atomic mass is 10.2. The van der Waals surface area contributed by atoms with Crippen LogP contribution in [0.4, 0.5) is 0 Å². The Bertz CT molecular complexity index is 712. The molecule has 1 atom stereocenters.